The number of rotatable bonds is 2. The molecule has 136 valence electrons. The summed E-state index contributed by atoms with van der Waals surface area (Å²) >= 11 is 0. The van der Waals surface area contributed by atoms with Crippen molar-refractivity contribution in [2.75, 3.05) is 44.7 Å². The molecule has 0 aliphatic carbocycles. The van der Waals surface area contributed by atoms with E-state index in [0.29, 0.717) is 26.2 Å². The van der Waals surface area contributed by atoms with E-state index in [1.165, 1.54) is 0 Å². The average molecular weight is 347 g/mol. The summed E-state index contributed by atoms with van der Waals surface area (Å²) in [6.45, 7) is 2.99. The lowest BCUT2D eigenvalue weighted by Gasteiger charge is -2.46. The van der Waals surface area contributed by atoms with Gasteiger partial charge in [0.15, 0.2) is 0 Å². The molecule has 0 N–H and O–H groups in total. The summed E-state index contributed by atoms with van der Waals surface area (Å²) < 4.78 is 7.26. The molecule has 1 aromatic rings. The van der Waals surface area contributed by atoms with Crippen molar-refractivity contribution in [3.05, 3.63) is 12.4 Å². The van der Waals surface area contributed by atoms with Crippen molar-refractivity contribution < 1.29 is 14.3 Å². The van der Waals surface area contributed by atoms with Gasteiger partial charge in [0.05, 0.1) is 24.0 Å². The Hall–Kier alpha value is -1.93. The van der Waals surface area contributed by atoms with Gasteiger partial charge in [0, 0.05) is 39.5 Å². The number of hydrogen-bond acceptors (Lipinski definition) is 5. The van der Waals surface area contributed by atoms with Gasteiger partial charge in [0.2, 0.25) is 5.91 Å². The molecule has 2 amide bonds. The molecule has 0 aromatic carbocycles. The third-order valence-electron chi connectivity index (χ3n) is 5.79. The Morgan fingerprint density at radius 1 is 1.36 bits per heavy atom. The van der Waals surface area contributed by atoms with E-state index in [4.69, 9.17) is 4.74 Å². The molecular weight excluding hydrogens is 322 g/mol. The van der Waals surface area contributed by atoms with E-state index in [1.807, 2.05) is 30.1 Å². The minimum Gasteiger partial charge on any atom is -0.368 e. The standard InChI is InChI=1S/C17H25N5O3/c1-19-10-15(23)22(13-8-18-20(2)9-13)12-17(19)5-6-21(11-17)16(24)14-4-3-7-25-14/h8-9,14H,3-7,10-12H2,1-2H3/t14-,17?/m0/s1. The molecule has 4 rings (SSSR count). The number of ether oxygens (including phenoxy) is 1. The van der Waals surface area contributed by atoms with Crippen LogP contribution in [0.2, 0.25) is 0 Å². The van der Waals surface area contributed by atoms with Crippen LogP contribution in [0.3, 0.4) is 0 Å². The van der Waals surface area contributed by atoms with Crippen molar-refractivity contribution in [3.63, 3.8) is 0 Å². The first-order valence-electron chi connectivity index (χ1n) is 8.89. The smallest absolute Gasteiger partial charge is 0.251 e. The zero-order chi connectivity index (χ0) is 17.6. The van der Waals surface area contributed by atoms with Crippen LogP contribution >= 0.6 is 0 Å². The Morgan fingerprint density at radius 3 is 2.88 bits per heavy atom. The van der Waals surface area contributed by atoms with E-state index < -0.39 is 0 Å². The van der Waals surface area contributed by atoms with E-state index >= 15 is 0 Å². The second-order valence-corrected chi connectivity index (χ2v) is 7.44. The van der Waals surface area contributed by atoms with Gasteiger partial charge in [-0.25, -0.2) is 0 Å². The van der Waals surface area contributed by atoms with Crippen LogP contribution in [0.5, 0.6) is 0 Å². The minimum absolute atomic E-state index is 0.0741. The third-order valence-corrected chi connectivity index (χ3v) is 5.79. The van der Waals surface area contributed by atoms with Crippen molar-refractivity contribution in [2.45, 2.75) is 30.9 Å². The van der Waals surface area contributed by atoms with Crippen LogP contribution in [0.25, 0.3) is 0 Å². The second-order valence-electron chi connectivity index (χ2n) is 7.44. The van der Waals surface area contributed by atoms with Gasteiger partial charge in [-0.05, 0) is 26.3 Å². The molecule has 8 heteroatoms. The maximum absolute atomic E-state index is 12.7. The second kappa shape index (κ2) is 6.10. The van der Waals surface area contributed by atoms with Crippen LogP contribution in [0.4, 0.5) is 5.69 Å². The number of likely N-dealkylation sites (N-methyl/N-ethyl adjacent to an activating group) is 1. The zero-order valence-electron chi connectivity index (χ0n) is 14.8. The summed E-state index contributed by atoms with van der Waals surface area (Å²) in [7, 11) is 3.83. The third kappa shape index (κ3) is 2.83. The monoisotopic (exact) mass is 347 g/mol. The number of likely N-dealkylation sites (tertiary alicyclic amines) is 1. The van der Waals surface area contributed by atoms with Crippen LogP contribution in [-0.4, -0.2) is 82.9 Å². The number of hydrogen-bond donors (Lipinski definition) is 0. The quantitative estimate of drug-likeness (QED) is 0.744. The van der Waals surface area contributed by atoms with Crippen molar-refractivity contribution in [1.29, 1.82) is 0 Å². The molecule has 8 nitrogen and oxygen atoms in total. The van der Waals surface area contributed by atoms with Crippen LogP contribution in [-0.2, 0) is 21.4 Å². The molecule has 3 aliphatic heterocycles. The Kier molecular flexibility index (Phi) is 4.04. The highest BCUT2D eigenvalue weighted by molar-refractivity contribution is 5.95. The van der Waals surface area contributed by atoms with Gasteiger partial charge in [-0.1, -0.05) is 0 Å². The molecule has 1 aromatic heterocycles. The summed E-state index contributed by atoms with van der Waals surface area (Å²) in [6.07, 6.45) is 5.95. The molecule has 4 heterocycles. The van der Waals surface area contributed by atoms with Crippen LogP contribution < -0.4 is 4.90 Å². The maximum Gasteiger partial charge on any atom is 0.251 e. The van der Waals surface area contributed by atoms with Gasteiger partial charge in [0.25, 0.3) is 5.91 Å². The fraction of sp³-hybridized carbons (Fsp3) is 0.706. The number of carbonyl (C=O) groups is 2. The highest BCUT2D eigenvalue weighted by Crippen LogP contribution is 2.34. The first kappa shape index (κ1) is 16.5. The topological polar surface area (TPSA) is 70.9 Å². The normalized spacial score (nSPS) is 30.6. The molecular formula is C17H25N5O3. The van der Waals surface area contributed by atoms with Gasteiger partial charge in [-0.15, -0.1) is 0 Å². The molecule has 3 fully saturated rings. The first-order chi connectivity index (χ1) is 12.0. The number of aromatic nitrogens is 2. The molecule has 3 aliphatic rings. The Bertz CT molecular complexity index is 684. The van der Waals surface area contributed by atoms with Gasteiger partial charge in [-0.3, -0.25) is 19.2 Å². The SMILES string of the molecule is CN1CC(=O)N(c2cnn(C)c2)CC12CCN(C(=O)[C@@H]1CCCO1)C2. The largest absolute Gasteiger partial charge is 0.368 e. The first-order valence-corrected chi connectivity index (χ1v) is 8.89. The van der Waals surface area contributed by atoms with Gasteiger partial charge in [0.1, 0.15) is 6.10 Å². The summed E-state index contributed by atoms with van der Waals surface area (Å²) in [5.41, 5.74) is 0.627. The number of anilines is 1. The highest BCUT2D eigenvalue weighted by atomic mass is 16.5. The lowest BCUT2D eigenvalue weighted by atomic mass is 9.93. The summed E-state index contributed by atoms with van der Waals surface area (Å²) in [5.74, 6) is 0.178. The van der Waals surface area contributed by atoms with E-state index in [1.54, 1.807) is 10.9 Å². The number of aryl methyl sites for hydroxylation is 1. The Morgan fingerprint density at radius 2 is 2.20 bits per heavy atom. The Balaban J connectivity index is 1.52. The number of piperazine rings is 1. The molecule has 3 saturated heterocycles. The lowest BCUT2D eigenvalue weighted by Crippen LogP contribution is -2.64. The molecule has 25 heavy (non-hydrogen) atoms. The fourth-order valence-electron chi connectivity index (χ4n) is 4.20. The van der Waals surface area contributed by atoms with Crippen molar-refractivity contribution in [3.8, 4) is 0 Å². The number of amides is 2. The van der Waals surface area contributed by atoms with Crippen LogP contribution in [0.15, 0.2) is 12.4 Å². The van der Waals surface area contributed by atoms with Crippen molar-refractivity contribution >= 4 is 17.5 Å². The number of nitrogens with zero attached hydrogens (tertiary/aromatic N) is 5. The van der Waals surface area contributed by atoms with Crippen molar-refractivity contribution in [2.24, 2.45) is 7.05 Å². The molecule has 1 unspecified atom stereocenters. The highest BCUT2D eigenvalue weighted by Gasteiger charge is 2.49. The van der Waals surface area contributed by atoms with Crippen molar-refractivity contribution in [1.82, 2.24) is 19.6 Å². The predicted molar refractivity (Wildman–Crippen MR) is 91.1 cm³/mol. The summed E-state index contributed by atoms with van der Waals surface area (Å²) in [6, 6.07) is 0. The van der Waals surface area contributed by atoms with Crippen LogP contribution in [0.1, 0.15) is 19.3 Å². The molecule has 0 bridgehead atoms. The van der Waals surface area contributed by atoms with Gasteiger partial charge < -0.3 is 14.5 Å². The average Bonchev–Trinajstić information content (AvgIpc) is 3.32. The minimum atomic E-state index is -0.278. The van der Waals surface area contributed by atoms with Gasteiger partial charge in [-0.2, -0.15) is 5.10 Å². The summed E-state index contributed by atoms with van der Waals surface area (Å²) in [4.78, 5) is 31.1. The maximum atomic E-state index is 12.7. The zero-order valence-corrected chi connectivity index (χ0v) is 14.8. The van der Waals surface area contributed by atoms with E-state index in [0.717, 1.165) is 31.5 Å². The molecule has 0 radical (unpaired) electrons. The lowest BCUT2D eigenvalue weighted by molar-refractivity contribution is -0.140. The van der Waals surface area contributed by atoms with Crippen LogP contribution in [0, 0.1) is 0 Å². The van der Waals surface area contributed by atoms with E-state index in [-0.39, 0.29) is 23.5 Å². The molecule has 0 saturated carbocycles. The number of carbonyl (C=O) groups excluding carboxylic acids is 2. The van der Waals surface area contributed by atoms with E-state index in [2.05, 4.69) is 10.00 Å². The molecule has 1 spiro atoms. The predicted octanol–water partition coefficient (Wildman–Crippen LogP) is -0.151. The summed E-state index contributed by atoms with van der Waals surface area (Å²) in [5, 5.41) is 4.18. The Labute approximate surface area is 147 Å². The molecule has 2 atom stereocenters. The van der Waals surface area contributed by atoms with E-state index in [9.17, 15) is 9.59 Å². The van der Waals surface area contributed by atoms with Gasteiger partial charge >= 0.3 is 0 Å². The fourth-order valence-corrected chi connectivity index (χ4v) is 4.20.